The van der Waals surface area contributed by atoms with E-state index >= 15 is 0 Å². The van der Waals surface area contributed by atoms with Crippen LogP contribution in [0.25, 0.3) is 0 Å². The molecule has 1 saturated heterocycles. The van der Waals surface area contributed by atoms with Crippen LogP contribution < -0.4 is 10.6 Å². The normalized spacial score (nSPS) is 23.2. The lowest BCUT2D eigenvalue weighted by Gasteiger charge is -2.39. The summed E-state index contributed by atoms with van der Waals surface area (Å²) in [6, 6.07) is 10.3. The third kappa shape index (κ3) is 3.47. The zero-order chi connectivity index (χ0) is 13.7. The second kappa shape index (κ2) is 6.57. The lowest BCUT2D eigenvalue weighted by molar-refractivity contribution is 0.147. The monoisotopic (exact) mass is 261 g/mol. The van der Waals surface area contributed by atoms with E-state index in [4.69, 9.17) is 0 Å². The highest BCUT2D eigenvalue weighted by atomic mass is 16.2. The molecule has 1 fully saturated rings. The van der Waals surface area contributed by atoms with Gasteiger partial charge >= 0.3 is 6.03 Å². The molecule has 0 bridgehead atoms. The summed E-state index contributed by atoms with van der Waals surface area (Å²) in [6.45, 7) is 5.95. The molecule has 4 nitrogen and oxygen atoms in total. The van der Waals surface area contributed by atoms with E-state index in [0.717, 1.165) is 31.6 Å². The van der Waals surface area contributed by atoms with E-state index < -0.39 is 0 Å². The molecule has 2 unspecified atom stereocenters. The standard InChI is InChI=1S/C15H23N3O/c1-3-12-11-18(14(4-2)10-16-12)15(19)17-13-8-6-5-7-9-13/h5-9,12,14,16H,3-4,10-11H2,1-2H3,(H,17,19). The summed E-state index contributed by atoms with van der Waals surface area (Å²) >= 11 is 0. The number of carbonyl (C=O) groups is 1. The van der Waals surface area contributed by atoms with Crippen molar-refractivity contribution in [3.8, 4) is 0 Å². The number of urea groups is 1. The van der Waals surface area contributed by atoms with E-state index in [-0.39, 0.29) is 12.1 Å². The number of rotatable bonds is 3. The maximum absolute atomic E-state index is 12.4. The number of piperazine rings is 1. The lowest BCUT2D eigenvalue weighted by atomic mass is 10.1. The number of para-hydroxylation sites is 1. The van der Waals surface area contributed by atoms with Crippen LogP contribution >= 0.6 is 0 Å². The maximum Gasteiger partial charge on any atom is 0.322 e. The fraction of sp³-hybridized carbons (Fsp3) is 0.533. The Morgan fingerprint density at radius 1 is 1.32 bits per heavy atom. The molecule has 2 N–H and O–H groups in total. The number of nitrogens with zero attached hydrogens (tertiary/aromatic N) is 1. The number of amides is 2. The Morgan fingerprint density at radius 2 is 2.05 bits per heavy atom. The van der Waals surface area contributed by atoms with Crippen LogP contribution in [0, 0.1) is 0 Å². The van der Waals surface area contributed by atoms with Crippen LogP contribution in [0.1, 0.15) is 26.7 Å². The predicted molar refractivity (Wildman–Crippen MR) is 78.3 cm³/mol. The molecule has 1 aliphatic rings. The smallest absolute Gasteiger partial charge is 0.319 e. The minimum atomic E-state index is 0.0120. The van der Waals surface area contributed by atoms with Gasteiger partial charge in [-0.05, 0) is 25.0 Å². The molecule has 0 aromatic heterocycles. The van der Waals surface area contributed by atoms with Crippen molar-refractivity contribution < 1.29 is 4.79 Å². The molecule has 1 aromatic carbocycles. The molecule has 2 rings (SSSR count). The molecule has 0 saturated carbocycles. The minimum absolute atomic E-state index is 0.0120. The first-order chi connectivity index (χ1) is 9.24. The molecule has 4 heteroatoms. The number of carbonyl (C=O) groups excluding carboxylic acids is 1. The van der Waals surface area contributed by atoms with Crippen LogP contribution in [0.3, 0.4) is 0 Å². The largest absolute Gasteiger partial charge is 0.322 e. The molecular weight excluding hydrogens is 238 g/mol. The molecule has 1 heterocycles. The second-order valence-electron chi connectivity index (χ2n) is 5.02. The van der Waals surface area contributed by atoms with E-state index in [9.17, 15) is 4.79 Å². The van der Waals surface area contributed by atoms with Gasteiger partial charge < -0.3 is 15.5 Å². The highest BCUT2D eigenvalue weighted by Crippen LogP contribution is 2.15. The van der Waals surface area contributed by atoms with Crippen molar-refractivity contribution in [3.05, 3.63) is 30.3 Å². The van der Waals surface area contributed by atoms with E-state index in [1.165, 1.54) is 0 Å². The van der Waals surface area contributed by atoms with Crippen molar-refractivity contribution >= 4 is 11.7 Å². The van der Waals surface area contributed by atoms with Gasteiger partial charge in [-0.25, -0.2) is 4.79 Å². The van der Waals surface area contributed by atoms with Gasteiger partial charge in [0, 0.05) is 30.9 Å². The zero-order valence-corrected chi connectivity index (χ0v) is 11.7. The van der Waals surface area contributed by atoms with Crippen LogP contribution in [0.5, 0.6) is 0 Å². The number of hydrogen-bond acceptors (Lipinski definition) is 2. The molecule has 0 radical (unpaired) electrons. The second-order valence-corrected chi connectivity index (χ2v) is 5.02. The van der Waals surface area contributed by atoms with Crippen molar-refractivity contribution in [2.24, 2.45) is 0 Å². The molecule has 2 atom stereocenters. The van der Waals surface area contributed by atoms with Crippen molar-refractivity contribution in [2.45, 2.75) is 38.8 Å². The van der Waals surface area contributed by atoms with E-state index in [1.54, 1.807) is 0 Å². The molecule has 19 heavy (non-hydrogen) atoms. The molecule has 1 aliphatic heterocycles. The Balaban J connectivity index is 2.02. The van der Waals surface area contributed by atoms with E-state index in [0.29, 0.717) is 6.04 Å². The highest BCUT2D eigenvalue weighted by molar-refractivity contribution is 5.89. The van der Waals surface area contributed by atoms with Crippen molar-refractivity contribution in [1.29, 1.82) is 0 Å². The highest BCUT2D eigenvalue weighted by Gasteiger charge is 2.29. The van der Waals surface area contributed by atoms with Gasteiger partial charge in [0.2, 0.25) is 0 Å². The fourth-order valence-electron chi connectivity index (χ4n) is 2.47. The van der Waals surface area contributed by atoms with Gasteiger partial charge in [-0.15, -0.1) is 0 Å². The first-order valence-corrected chi connectivity index (χ1v) is 7.10. The fourth-order valence-corrected chi connectivity index (χ4v) is 2.47. The topological polar surface area (TPSA) is 44.4 Å². The molecular formula is C15H23N3O. The lowest BCUT2D eigenvalue weighted by Crippen LogP contribution is -2.58. The Kier molecular flexibility index (Phi) is 4.80. The predicted octanol–water partition coefficient (Wildman–Crippen LogP) is 2.68. The van der Waals surface area contributed by atoms with Gasteiger partial charge in [0.1, 0.15) is 0 Å². The number of benzene rings is 1. The number of anilines is 1. The summed E-state index contributed by atoms with van der Waals surface area (Å²) in [5.41, 5.74) is 0.855. The SMILES string of the molecule is CCC1CN(C(=O)Nc2ccccc2)C(CC)CN1. The van der Waals surface area contributed by atoms with Gasteiger partial charge in [0.25, 0.3) is 0 Å². The summed E-state index contributed by atoms with van der Waals surface area (Å²) in [7, 11) is 0. The van der Waals surface area contributed by atoms with Crippen LogP contribution in [-0.4, -0.2) is 36.1 Å². The van der Waals surface area contributed by atoms with E-state index in [2.05, 4.69) is 24.5 Å². The van der Waals surface area contributed by atoms with Crippen LogP contribution in [0.15, 0.2) is 30.3 Å². The molecule has 0 spiro atoms. The van der Waals surface area contributed by atoms with Gasteiger partial charge in [-0.2, -0.15) is 0 Å². The van der Waals surface area contributed by atoms with Crippen molar-refractivity contribution in [1.82, 2.24) is 10.2 Å². The third-order valence-corrected chi connectivity index (χ3v) is 3.75. The Bertz CT molecular complexity index is 407. The Morgan fingerprint density at radius 3 is 2.68 bits per heavy atom. The third-order valence-electron chi connectivity index (χ3n) is 3.75. The summed E-state index contributed by atoms with van der Waals surface area (Å²) in [4.78, 5) is 14.4. The maximum atomic E-state index is 12.4. The van der Waals surface area contributed by atoms with E-state index in [1.807, 2.05) is 35.2 Å². The summed E-state index contributed by atoms with van der Waals surface area (Å²) in [6.07, 6.45) is 2.02. The summed E-state index contributed by atoms with van der Waals surface area (Å²) in [5, 5.41) is 6.48. The Hall–Kier alpha value is -1.55. The zero-order valence-electron chi connectivity index (χ0n) is 11.7. The first-order valence-electron chi connectivity index (χ1n) is 7.10. The molecule has 2 amide bonds. The summed E-state index contributed by atoms with van der Waals surface area (Å²) in [5.74, 6) is 0. The molecule has 1 aromatic rings. The van der Waals surface area contributed by atoms with Crippen LogP contribution in [0.4, 0.5) is 10.5 Å². The van der Waals surface area contributed by atoms with Gasteiger partial charge in [-0.1, -0.05) is 32.0 Å². The minimum Gasteiger partial charge on any atom is -0.319 e. The number of nitrogens with one attached hydrogen (secondary N) is 2. The number of hydrogen-bond donors (Lipinski definition) is 2. The molecule has 0 aliphatic carbocycles. The average Bonchev–Trinajstić information content (AvgIpc) is 2.47. The molecule has 104 valence electrons. The van der Waals surface area contributed by atoms with Crippen molar-refractivity contribution in [2.75, 3.05) is 18.4 Å². The quantitative estimate of drug-likeness (QED) is 0.878. The van der Waals surface area contributed by atoms with Crippen LogP contribution in [0.2, 0.25) is 0 Å². The first kappa shape index (κ1) is 13.9. The van der Waals surface area contributed by atoms with Gasteiger partial charge in [-0.3, -0.25) is 0 Å². The van der Waals surface area contributed by atoms with Gasteiger partial charge in [0.15, 0.2) is 0 Å². The average molecular weight is 261 g/mol. The van der Waals surface area contributed by atoms with Crippen molar-refractivity contribution in [3.63, 3.8) is 0 Å². The van der Waals surface area contributed by atoms with Crippen LogP contribution in [-0.2, 0) is 0 Å². The van der Waals surface area contributed by atoms with Gasteiger partial charge in [0.05, 0.1) is 0 Å². The summed E-state index contributed by atoms with van der Waals surface area (Å²) < 4.78 is 0. The Labute approximate surface area is 115 Å².